The van der Waals surface area contributed by atoms with E-state index in [0.717, 1.165) is 12.5 Å². The van der Waals surface area contributed by atoms with Gasteiger partial charge < -0.3 is 10.1 Å². The molecule has 2 saturated carbocycles. The molecule has 3 aliphatic rings. The number of piperidine rings is 1. The number of hydrogen-bond donors (Lipinski definition) is 1. The second-order valence-corrected chi connectivity index (χ2v) is 8.83. The van der Waals surface area contributed by atoms with Crippen LogP contribution in [-0.2, 0) is 9.53 Å². The molecule has 1 aliphatic heterocycles. The molecule has 0 spiro atoms. The van der Waals surface area contributed by atoms with Gasteiger partial charge in [0.25, 0.3) is 0 Å². The molecule has 1 saturated heterocycles. The summed E-state index contributed by atoms with van der Waals surface area (Å²) in [6.07, 6.45) is 1.71. The van der Waals surface area contributed by atoms with Gasteiger partial charge in [-0.3, -0.25) is 9.69 Å². The molecule has 1 aromatic carbocycles. The first-order valence-corrected chi connectivity index (χ1v) is 9.40. The van der Waals surface area contributed by atoms with E-state index in [-0.39, 0.29) is 23.9 Å². The van der Waals surface area contributed by atoms with E-state index in [4.69, 9.17) is 4.74 Å². The van der Waals surface area contributed by atoms with E-state index >= 15 is 0 Å². The zero-order chi connectivity index (χ0) is 19.5. The lowest BCUT2D eigenvalue weighted by Gasteiger charge is -2.30. The van der Waals surface area contributed by atoms with Crippen LogP contribution in [0.5, 0.6) is 0 Å². The smallest absolute Gasteiger partial charge is 0.411 e. The van der Waals surface area contributed by atoms with Crippen molar-refractivity contribution < 1.29 is 23.1 Å². The molecule has 7 heteroatoms. The van der Waals surface area contributed by atoms with Crippen LogP contribution in [0.2, 0.25) is 0 Å². The van der Waals surface area contributed by atoms with Gasteiger partial charge in [0.05, 0.1) is 0 Å². The predicted octanol–water partition coefficient (Wildman–Crippen LogP) is 3.33. The quantitative estimate of drug-likeness (QED) is 0.878. The van der Waals surface area contributed by atoms with Crippen molar-refractivity contribution in [1.29, 1.82) is 0 Å². The van der Waals surface area contributed by atoms with Crippen molar-refractivity contribution in [1.82, 2.24) is 10.2 Å². The van der Waals surface area contributed by atoms with Crippen LogP contribution >= 0.6 is 0 Å². The van der Waals surface area contributed by atoms with Crippen LogP contribution < -0.4 is 5.32 Å². The standard InChI is InChI=1S/C20H24F2N2O3/c1-20(2,3)27-19(26)24-16-6-10(16)7-17(24)18(25)23-15-9-13(15)12-5-4-11(21)8-14(12)22/h4-5,8,10,13,15-17H,6-7,9H2,1-3H3,(H,23,25)/t10-,13?,15?,16-,17+/m1/s1. The highest BCUT2D eigenvalue weighted by atomic mass is 19.1. The van der Waals surface area contributed by atoms with Crippen LogP contribution in [0.1, 0.15) is 51.5 Å². The summed E-state index contributed by atoms with van der Waals surface area (Å²) in [4.78, 5) is 26.8. The van der Waals surface area contributed by atoms with Gasteiger partial charge in [-0.1, -0.05) is 6.07 Å². The number of nitrogens with zero attached hydrogens (tertiary/aromatic N) is 1. The Kier molecular flexibility index (Phi) is 4.16. The maximum atomic E-state index is 13.9. The van der Waals surface area contributed by atoms with Crippen LogP contribution in [0, 0.1) is 17.6 Å². The molecule has 0 bridgehead atoms. The summed E-state index contributed by atoms with van der Waals surface area (Å²) >= 11 is 0. The van der Waals surface area contributed by atoms with Gasteiger partial charge in [-0.2, -0.15) is 0 Å². The minimum Gasteiger partial charge on any atom is -0.444 e. The lowest BCUT2D eigenvalue weighted by molar-refractivity contribution is -0.126. The Balaban J connectivity index is 1.39. The first-order valence-electron chi connectivity index (χ1n) is 9.40. The third-order valence-corrected chi connectivity index (χ3v) is 5.49. The van der Waals surface area contributed by atoms with Gasteiger partial charge in [-0.05, 0) is 57.6 Å². The van der Waals surface area contributed by atoms with E-state index in [0.29, 0.717) is 24.3 Å². The molecule has 5 nitrogen and oxygen atoms in total. The topological polar surface area (TPSA) is 58.6 Å². The summed E-state index contributed by atoms with van der Waals surface area (Å²) in [7, 11) is 0. The number of nitrogens with one attached hydrogen (secondary N) is 1. The highest BCUT2D eigenvalue weighted by Gasteiger charge is 2.57. The Hall–Kier alpha value is -2.18. The SMILES string of the molecule is CC(C)(C)OC(=O)N1[C@@H]2C[C@@H]2C[C@H]1C(=O)NC1CC1c1ccc(F)cc1F. The number of fused-ring (bicyclic) bond motifs is 1. The number of ether oxygens (including phenoxy) is 1. The van der Waals surface area contributed by atoms with E-state index in [1.807, 2.05) is 0 Å². The molecule has 2 unspecified atom stereocenters. The summed E-state index contributed by atoms with van der Waals surface area (Å²) < 4.78 is 32.4. The molecule has 0 aromatic heterocycles. The molecule has 27 heavy (non-hydrogen) atoms. The zero-order valence-corrected chi connectivity index (χ0v) is 15.7. The van der Waals surface area contributed by atoms with E-state index in [1.54, 1.807) is 25.7 Å². The molecule has 146 valence electrons. The average Bonchev–Trinajstić information content (AvgIpc) is 3.44. The molecular weight excluding hydrogens is 354 g/mol. The summed E-state index contributed by atoms with van der Waals surface area (Å²) in [5, 5.41) is 2.93. The van der Waals surface area contributed by atoms with E-state index in [2.05, 4.69) is 5.32 Å². The van der Waals surface area contributed by atoms with Gasteiger partial charge in [-0.25, -0.2) is 13.6 Å². The van der Waals surface area contributed by atoms with Gasteiger partial charge in [0.1, 0.15) is 23.3 Å². The molecule has 2 aliphatic carbocycles. The van der Waals surface area contributed by atoms with Crippen LogP contribution in [0.3, 0.4) is 0 Å². The number of rotatable bonds is 3. The third kappa shape index (κ3) is 3.64. The van der Waals surface area contributed by atoms with Crippen molar-refractivity contribution in [2.75, 3.05) is 0 Å². The molecule has 0 radical (unpaired) electrons. The summed E-state index contributed by atoms with van der Waals surface area (Å²) in [5.74, 6) is -1.22. The van der Waals surface area contributed by atoms with Crippen molar-refractivity contribution >= 4 is 12.0 Å². The van der Waals surface area contributed by atoms with Crippen molar-refractivity contribution in [3.63, 3.8) is 0 Å². The lowest BCUT2D eigenvalue weighted by atomic mass is 10.1. The second kappa shape index (κ2) is 6.17. The van der Waals surface area contributed by atoms with Crippen LogP contribution in [0.25, 0.3) is 0 Å². The first-order chi connectivity index (χ1) is 12.6. The maximum Gasteiger partial charge on any atom is 0.411 e. The monoisotopic (exact) mass is 378 g/mol. The van der Waals surface area contributed by atoms with E-state index in [9.17, 15) is 18.4 Å². The van der Waals surface area contributed by atoms with Crippen molar-refractivity contribution in [2.24, 2.45) is 5.92 Å². The highest BCUT2D eigenvalue weighted by molar-refractivity contribution is 5.87. The van der Waals surface area contributed by atoms with Gasteiger partial charge in [0, 0.05) is 24.1 Å². The maximum absolute atomic E-state index is 13.9. The molecule has 1 heterocycles. The Morgan fingerprint density at radius 2 is 1.93 bits per heavy atom. The zero-order valence-electron chi connectivity index (χ0n) is 15.7. The number of hydrogen-bond acceptors (Lipinski definition) is 3. The number of likely N-dealkylation sites (tertiary alicyclic amines) is 1. The normalized spacial score (nSPS) is 31.3. The largest absolute Gasteiger partial charge is 0.444 e. The predicted molar refractivity (Wildman–Crippen MR) is 94.0 cm³/mol. The fourth-order valence-corrected chi connectivity index (χ4v) is 4.05. The van der Waals surface area contributed by atoms with Crippen molar-refractivity contribution in [3.05, 3.63) is 35.4 Å². The fraction of sp³-hybridized carbons (Fsp3) is 0.600. The van der Waals surface area contributed by atoms with E-state index < -0.39 is 29.4 Å². The number of carbonyl (C=O) groups excluding carboxylic acids is 2. The molecular formula is C20H24F2N2O3. The number of benzene rings is 1. The van der Waals surface area contributed by atoms with E-state index in [1.165, 1.54) is 12.1 Å². The Morgan fingerprint density at radius 1 is 1.19 bits per heavy atom. The first kappa shape index (κ1) is 18.2. The van der Waals surface area contributed by atoms with Crippen molar-refractivity contribution in [2.45, 2.75) is 69.7 Å². The highest BCUT2D eigenvalue weighted by Crippen LogP contribution is 2.49. The Bertz CT molecular complexity index is 792. The Labute approximate surface area is 157 Å². The average molecular weight is 378 g/mol. The molecule has 3 fully saturated rings. The van der Waals surface area contributed by atoms with Crippen LogP contribution in [-0.4, -0.2) is 40.6 Å². The third-order valence-electron chi connectivity index (χ3n) is 5.49. The lowest BCUT2D eigenvalue weighted by Crippen LogP contribution is -2.50. The number of amides is 2. The molecule has 2 amide bonds. The van der Waals surface area contributed by atoms with Gasteiger partial charge in [0.2, 0.25) is 5.91 Å². The minimum absolute atomic E-state index is 0.0835. The van der Waals surface area contributed by atoms with Gasteiger partial charge in [-0.15, -0.1) is 0 Å². The molecule has 1 N–H and O–H groups in total. The summed E-state index contributed by atoms with van der Waals surface area (Å²) in [5.41, 5.74) is -0.202. The summed E-state index contributed by atoms with van der Waals surface area (Å²) in [6.45, 7) is 5.39. The second-order valence-electron chi connectivity index (χ2n) is 8.83. The number of carbonyl (C=O) groups is 2. The molecule has 4 rings (SSSR count). The van der Waals surface area contributed by atoms with Gasteiger partial charge in [0.15, 0.2) is 0 Å². The molecule has 5 atom stereocenters. The van der Waals surface area contributed by atoms with Crippen molar-refractivity contribution in [3.8, 4) is 0 Å². The fourth-order valence-electron chi connectivity index (χ4n) is 4.05. The van der Waals surface area contributed by atoms with Gasteiger partial charge >= 0.3 is 6.09 Å². The van der Waals surface area contributed by atoms with Crippen LogP contribution in [0.4, 0.5) is 13.6 Å². The summed E-state index contributed by atoms with van der Waals surface area (Å²) in [6, 6.07) is 2.88. The number of halogens is 2. The van der Waals surface area contributed by atoms with Crippen LogP contribution in [0.15, 0.2) is 18.2 Å². The Morgan fingerprint density at radius 3 is 2.59 bits per heavy atom. The minimum atomic E-state index is -0.618. The molecule has 1 aromatic rings.